The fraction of sp³-hybridized carbons (Fsp3) is 0.381. The van der Waals surface area contributed by atoms with Crippen LogP contribution in [0.5, 0.6) is 0 Å². The molecule has 1 aliphatic rings. The van der Waals surface area contributed by atoms with Gasteiger partial charge in [-0.1, -0.05) is 29.8 Å². The van der Waals surface area contributed by atoms with Crippen LogP contribution in [0, 0.1) is 18.7 Å². The van der Waals surface area contributed by atoms with E-state index in [1.807, 2.05) is 31.2 Å². The molecule has 156 valence electrons. The Morgan fingerprint density at radius 3 is 2.48 bits per heavy atom. The number of likely N-dealkylation sites (tertiary alicyclic amines) is 1. The van der Waals surface area contributed by atoms with E-state index >= 15 is 0 Å². The van der Waals surface area contributed by atoms with Crippen LogP contribution in [0.3, 0.4) is 0 Å². The fourth-order valence-corrected chi connectivity index (χ4v) is 4.60. The van der Waals surface area contributed by atoms with E-state index in [2.05, 4.69) is 10.0 Å². The zero-order chi connectivity index (χ0) is 20.9. The number of rotatable bonds is 6. The lowest BCUT2D eigenvalue weighted by molar-refractivity contribution is 0.183. The van der Waals surface area contributed by atoms with Gasteiger partial charge in [0.15, 0.2) is 0 Å². The molecule has 0 atom stereocenters. The number of nitrogens with zero attached hydrogens (tertiary/aromatic N) is 1. The summed E-state index contributed by atoms with van der Waals surface area (Å²) in [6.45, 7) is 3.42. The maximum absolute atomic E-state index is 12.9. The third-order valence-electron chi connectivity index (χ3n) is 5.03. The summed E-state index contributed by atoms with van der Waals surface area (Å²) in [5.74, 6) is -0.195. The average molecular weight is 420 g/mol. The maximum Gasteiger partial charge on any atom is 0.321 e. The Hall–Kier alpha value is -2.45. The molecule has 2 aromatic carbocycles. The highest BCUT2D eigenvalue weighted by Crippen LogP contribution is 2.18. The molecule has 0 radical (unpaired) electrons. The second-order valence-electron chi connectivity index (χ2n) is 7.46. The second-order valence-corrected chi connectivity index (χ2v) is 9.27. The third kappa shape index (κ3) is 6.54. The molecule has 1 aliphatic heterocycles. The summed E-state index contributed by atoms with van der Waals surface area (Å²) in [5, 5.41) is 2.75. The fourth-order valence-electron chi connectivity index (χ4n) is 3.39. The molecule has 0 spiro atoms. The smallest absolute Gasteiger partial charge is 0.321 e. The number of sulfonamides is 1. The zero-order valence-electron chi connectivity index (χ0n) is 16.4. The number of piperidine rings is 1. The van der Waals surface area contributed by atoms with Gasteiger partial charge in [0.2, 0.25) is 10.0 Å². The SMILES string of the molecule is Cc1cccc(CS(=O)(=O)NCC2CCN(C(=O)Nc3ccc(F)cc3)CC2)c1. The van der Waals surface area contributed by atoms with Gasteiger partial charge in [0.05, 0.1) is 5.75 Å². The number of amides is 2. The topological polar surface area (TPSA) is 78.5 Å². The highest BCUT2D eigenvalue weighted by atomic mass is 32.2. The molecule has 0 unspecified atom stereocenters. The van der Waals surface area contributed by atoms with Crippen LogP contribution in [-0.2, 0) is 15.8 Å². The van der Waals surface area contributed by atoms with E-state index in [-0.39, 0.29) is 23.5 Å². The van der Waals surface area contributed by atoms with Crippen molar-refractivity contribution in [3.05, 3.63) is 65.5 Å². The van der Waals surface area contributed by atoms with E-state index < -0.39 is 10.0 Å². The minimum atomic E-state index is -3.40. The molecule has 0 bridgehead atoms. The van der Waals surface area contributed by atoms with Gasteiger partial charge in [-0.3, -0.25) is 0 Å². The molecule has 1 fully saturated rings. The highest BCUT2D eigenvalue weighted by molar-refractivity contribution is 7.88. The normalized spacial score (nSPS) is 15.3. The van der Waals surface area contributed by atoms with Crippen molar-refractivity contribution < 1.29 is 17.6 Å². The minimum Gasteiger partial charge on any atom is -0.325 e. The van der Waals surface area contributed by atoms with Gasteiger partial charge in [0, 0.05) is 25.3 Å². The van der Waals surface area contributed by atoms with Gasteiger partial charge >= 0.3 is 6.03 Å². The first-order chi connectivity index (χ1) is 13.8. The Kier molecular flexibility index (Phi) is 6.87. The maximum atomic E-state index is 12.9. The summed E-state index contributed by atoms with van der Waals surface area (Å²) < 4.78 is 40.3. The summed E-state index contributed by atoms with van der Waals surface area (Å²) >= 11 is 0. The van der Waals surface area contributed by atoms with Gasteiger partial charge in [-0.25, -0.2) is 22.3 Å². The number of halogens is 1. The van der Waals surface area contributed by atoms with Crippen LogP contribution >= 0.6 is 0 Å². The van der Waals surface area contributed by atoms with E-state index in [4.69, 9.17) is 0 Å². The average Bonchev–Trinajstić information content (AvgIpc) is 2.68. The molecular formula is C21H26FN3O3S. The van der Waals surface area contributed by atoms with Crippen LogP contribution in [0.2, 0.25) is 0 Å². The summed E-state index contributed by atoms with van der Waals surface area (Å²) in [4.78, 5) is 14.0. The van der Waals surface area contributed by atoms with Crippen LogP contribution in [-0.4, -0.2) is 39.0 Å². The summed E-state index contributed by atoms with van der Waals surface area (Å²) in [7, 11) is -3.40. The number of carbonyl (C=O) groups excluding carboxylic acids is 1. The van der Waals surface area contributed by atoms with E-state index in [1.165, 1.54) is 24.3 Å². The number of hydrogen-bond acceptors (Lipinski definition) is 3. The summed E-state index contributed by atoms with van der Waals surface area (Å²) in [6.07, 6.45) is 1.45. The Bertz CT molecular complexity index is 940. The monoisotopic (exact) mass is 419 g/mol. The lowest BCUT2D eigenvalue weighted by Gasteiger charge is -2.32. The standard InChI is InChI=1S/C21H26FN3O3S/c1-16-3-2-4-18(13-16)15-29(27,28)23-14-17-9-11-25(12-10-17)21(26)24-20-7-5-19(22)6-8-20/h2-8,13,17,23H,9-12,14-15H2,1H3,(H,24,26). The first-order valence-corrected chi connectivity index (χ1v) is 11.3. The minimum absolute atomic E-state index is 0.0341. The molecule has 8 heteroatoms. The van der Waals surface area contributed by atoms with Crippen molar-refractivity contribution in [1.82, 2.24) is 9.62 Å². The number of nitrogens with one attached hydrogen (secondary N) is 2. The van der Waals surface area contributed by atoms with Gasteiger partial charge in [-0.2, -0.15) is 0 Å². The van der Waals surface area contributed by atoms with Crippen molar-refractivity contribution >= 4 is 21.7 Å². The van der Waals surface area contributed by atoms with Crippen LogP contribution in [0.15, 0.2) is 48.5 Å². The molecule has 29 heavy (non-hydrogen) atoms. The van der Waals surface area contributed by atoms with Crippen LogP contribution in [0.1, 0.15) is 24.0 Å². The number of carbonyl (C=O) groups is 1. The lowest BCUT2D eigenvalue weighted by Crippen LogP contribution is -2.43. The first kappa shape index (κ1) is 21.3. The van der Waals surface area contributed by atoms with Gasteiger partial charge in [-0.15, -0.1) is 0 Å². The molecule has 6 nitrogen and oxygen atoms in total. The van der Waals surface area contributed by atoms with Crippen molar-refractivity contribution in [3.63, 3.8) is 0 Å². The molecule has 1 saturated heterocycles. The molecule has 2 N–H and O–H groups in total. The van der Waals surface area contributed by atoms with Gasteiger partial charge in [0.25, 0.3) is 0 Å². The van der Waals surface area contributed by atoms with E-state index in [9.17, 15) is 17.6 Å². The predicted octanol–water partition coefficient (Wildman–Crippen LogP) is 3.50. The first-order valence-electron chi connectivity index (χ1n) is 9.65. The Morgan fingerprint density at radius 2 is 1.83 bits per heavy atom. The van der Waals surface area contributed by atoms with Crippen LogP contribution in [0.25, 0.3) is 0 Å². The molecule has 0 aliphatic carbocycles. The molecule has 1 heterocycles. The van der Waals surface area contributed by atoms with Gasteiger partial charge in [0.1, 0.15) is 5.82 Å². The Morgan fingerprint density at radius 1 is 1.14 bits per heavy atom. The van der Waals surface area contributed by atoms with Crippen molar-refractivity contribution in [2.75, 3.05) is 25.0 Å². The Balaban J connectivity index is 1.43. The molecule has 3 rings (SSSR count). The number of hydrogen-bond donors (Lipinski definition) is 2. The molecule has 0 aromatic heterocycles. The van der Waals surface area contributed by atoms with Crippen molar-refractivity contribution in [2.45, 2.75) is 25.5 Å². The predicted molar refractivity (Wildman–Crippen MR) is 112 cm³/mol. The van der Waals surface area contributed by atoms with E-state index in [0.29, 0.717) is 25.3 Å². The van der Waals surface area contributed by atoms with Crippen molar-refractivity contribution in [1.29, 1.82) is 0 Å². The summed E-state index contributed by atoms with van der Waals surface area (Å²) in [6, 6.07) is 12.9. The van der Waals surface area contributed by atoms with Crippen LogP contribution < -0.4 is 10.0 Å². The summed E-state index contributed by atoms with van der Waals surface area (Å²) in [5.41, 5.74) is 2.34. The second kappa shape index (κ2) is 9.37. The van der Waals surface area contributed by atoms with E-state index in [1.54, 1.807) is 4.90 Å². The molecule has 0 saturated carbocycles. The number of benzene rings is 2. The highest BCUT2D eigenvalue weighted by Gasteiger charge is 2.24. The largest absolute Gasteiger partial charge is 0.325 e. The molecule has 2 aromatic rings. The number of anilines is 1. The van der Waals surface area contributed by atoms with Crippen LogP contribution in [0.4, 0.5) is 14.9 Å². The van der Waals surface area contributed by atoms with Gasteiger partial charge < -0.3 is 10.2 Å². The lowest BCUT2D eigenvalue weighted by atomic mass is 9.97. The zero-order valence-corrected chi connectivity index (χ0v) is 17.2. The van der Waals surface area contributed by atoms with Crippen molar-refractivity contribution in [3.8, 4) is 0 Å². The van der Waals surface area contributed by atoms with E-state index in [0.717, 1.165) is 24.0 Å². The molecular weight excluding hydrogens is 393 g/mol. The third-order valence-corrected chi connectivity index (χ3v) is 6.35. The number of urea groups is 1. The quantitative estimate of drug-likeness (QED) is 0.752. The Labute approximate surface area is 171 Å². The number of aryl methyl sites for hydroxylation is 1. The van der Waals surface area contributed by atoms with Crippen molar-refractivity contribution in [2.24, 2.45) is 5.92 Å². The van der Waals surface area contributed by atoms with Gasteiger partial charge in [-0.05, 0) is 55.5 Å². The molecule has 2 amide bonds.